The predicted molar refractivity (Wildman–Crippen MR) is 111 cm³/mol. The van der Waals surface area contributed by atoms with Crippen molar-refractivity contribution in [2.45, 2.75) is 4.90 Å². The Morgan fingerprint density at radius 3 is 2.57 bits per heavy atom. The van der Waals surface area contributed by atoms with Crippen LogP contribution in [0.1, 0.15) is 15.9 Å². The summed E-state index contributed by atoms with van der Waals surface area (Å²) in [6.45, 7) is 0. The average molecular weight is 492 g/mol. The van der Waals surface area contributed by atoms with E-state index in [9.17, 15) is 17.6 Å². The van der Waals surface area contributed by atoms with E-state index in [1.165, 1.54) is 36.7 Å². The number of aromatic amines is 1. The van der Waals surface area contributed by atoms with Gasteiger partial charge in [-0.3, -0.25) is 9.52 Å². The smallest absolute Gasteiger partial charge is 0.261 e. The molecule has 0 amide bonds. The van der Waals surface area contributed by atoms with E-state index in [-0.39, 0.29) is 10.5 Å². The van der Waals surface area contributed by atoms with Gasteiger partial charge >= 0.3 is 0 Å². The number of nitrogens with zero attached hydrogens (tertiary/aromatic N) is 1. The number of H-pyrrole nitrogens is 1. The van der Waals surface area contributed by atoms with Crippen LogP contribution in [0.2, 0.25) is 0 Å². The third-order valence-electron chi connectivity index (χ3n) is 4.36. The highest BCUT2D eigenvalue weighted by atomic mass is 79.9. The fourth-order valence-corrected chi connectivity index (χ4v) is 4.35. The third kappa shape index (κ3) is 3.59. The minimum absolute atomic E-state index is 0.000309. The Kier molecular flexibility index (Phi) is 5.12. The molecule has 0 radical (unpaired) electrons. The number of fused-ring (bicyclic) bond motifs is 1. The zero-order valence-electron chi connectivity index (χ0n) is 15.0. The predicted octanol–water partition coefficient (Wildman–Crippen LogP) is 4.64. The number of carbonyl (C=O) groups excluding carboxylic acids is 1. The molecular formula is C20H12BrF2N3O3S. The average Bonchev–Trinajstić information content (AvgIpc) is 3.14. The molecule has 2 N–H and O–H groups in total. The van der Waals surface area contributed by atoms with Gasteiger partial charge in [-0.1, -0.05) is 18.2 Å². The molecular weight excluding hydrogens is 480 g/mol. The summed E-state index contributed by atoms with van der Waals surface area (Å²) in [6, 6.07) is 10.6. The first-order chi connectivity index (χ1) is 14.3. The highest BCUT2D eigenvalue weighted by Gasteiger charge is 2.26. The van der Waals surface area contributed by atoms with Gasteiger partial charge in [-0.25, -0.2) is 22.2 Å². The number of pyridine rings is 1. The van der Waals surface area contributed by atoms with E-state index in [0.717, 1.165) is 12.1 Å². The monoisotopic (exact) mass is 491 g/mol. The van der Waals surface area contributed by atoms with E-state index < -0.39 is 38.7 Å². The SMILES string of the molecule is O=C(c1c(F)ccc(NS(=O)(=O)c2ccccc2)c1F)c1c[nH]c2ncc(Br)cc12. The number of aromatic nitrogens is 2. The first-order valence-electron chi connectivity index (χ1n) is 8.51. The molecule has 6 nitrogen and oxygen atoms in total. The van der Waals surface area contributed by atoms with E-state index in [4.69, 9.17) is 0 Å². The molecule has 0 saturated heterocycles. The molecule has 152 valence electrons. The van der Waals surface area contributed by atoms with Crippen LogP contribution in [-0.4, -0.2) is 24.2 Å². The molecule has 2 aromatic heterocycles. The minimum Gasteiger partial charge on any atom is -0.345 e. The summed E-state index contributed by atoms with van der Waals surface area (Å²) in [7, 11) is -4.13. The Morgan fingerprint density at radius 2 is 1.83 bits per heavy atom. The van der Waals surface area contributed by atoms with Crippen molar-refractivity contribution >= 4 is 48.5 Å². The van der Waals surface area contributed by atoms with Gasteiger partial charge in [-0.05, 0) is 46.3 Å². The summed E-state index contributed by atoms with van der Waals surface area (Å²) in [5.74, 6) is -3.37. The van der Waals surface area contributed by atoms with E-state index >= 15 is 4.39 Å². The molecule has 30 heavy (non-hydrogen) atoms. The molecule has 0 aliphatic rings. The molecule has 4 aromatic rings. The Balaban J connectivity index is 1.78. The molecule has 2 heterocycles. The van der Waals surface area contributed by atoms with Crippen LogP contribution >= 0.6 is 15.9 Å². The second-order valence-electron chi connectivity index (χ2n) is 6.28. The van der Waals surface area contributed by atoms with Crippen LogP contribution in [0, 0.1) is 11.6 Å². The molecule has 0 atom stereocenters. The molecule has 0 bridgehead atoms. The van der Waals surface area contributed by atoms with Crippen LogP contribution in [0.25, 0.3) is 11.0 Å². The summed E-state index contributed by atoms with van der Waals surface area (Å²) in [4.78, 5) is 19.7. The van der Waals surface area contributed by atoms with E-state index in [1.807, 2.05) is 0 Å². The molecule has 0 aliphatic carbocycles. The first kappa shape index (κ1) is 20.2. The highest BCUT2D eigenvalue weighted by Crippen LogP contribution is 2.29. The van der Waals surface area contributed by atoms with Gasteiger partial charge < -0.3 is 4.98 Å². The summed E-state index contributed by atoms with van der Waals surface area (Å²) in [5, 5.41) is 0.364. The maximum Gasteiger partial charge on any atom is 0.261 e. The van der Waals surface area contributed by atoms with Gasteiger partial charge in [0.2, 0.25) is 5.78 Å². The zero-order valence-corrected chi connectivity index (χ0v) is 17.4. The lowest BCUT2D eigenvalue weighted by Crippen LogP contribution is -2.16. The molecule has 4 rings (SSSR count). The summed E-state index contributed by atoms with van der Waals surface area (Å²) in [5.41, 5.74) is -1.05. The Labute approximate surface area is 178 Å². The molecule has 0 fully saturated rings. The van der Waals surface area contributed by atoms with Gasteiger partial charge in [0, 0.05) is 27.8 Å². The van der Waals surface area contributed by atoms with Crippen LogP contribution in [0.4, 0.5) is 14.5 Å². The number of rotatable bonds is 5. The van der Waals surface area contributed by atoms with E-state index in [0.29, 0.717) is 15.5 Å². The van der Waals surface area contributed by atoms with Crippen molar-refractivity contribution in [3.63, 3.8) is 0 Å². The molecule has 10 heteroatoms. The van der Waals surface area contributed by atoms with Crippen molar-refractivity contribution in [1.82, 2.24) is 9.97 Å². The van der Waals surface area contributed by atoms with Crippen molar-refractivity contribution in [2.75, 3.05) is 4.72 Å². The van der Waals surface area contributed by atoms with Gasteiger partial charge in [0.15, 0.2) is 5.82 Å². The number of halogens is 3. The lowest BCUT2D eigenvalue weighted by molar-refractivity contribution is 0.103. The largest absolute Gasteiger partial charge is 0.345 e. The highest BCUT2D eigenvalue weighted by molar-refractivity contribution is 9.10. The number of benzene rings is 2. The lowest BCUT2D eigenvalue weighted by atomic mass is 10.0. The molecule has 0 aliphatic heterocycles. The number of ketones is 1. The zero-order chi connectivity index (χ0) is 21.5. The van der Waals surface area contributed by atoms with Crippen molar-refractivity contribution in [3.05, 3.63) is 88.2 Å². The van der Waals surface area contributed by atoms with Crippen molar-refractivity contribution < 1.29 is 22.0 Å². The fourth-order valence-electron chi connectivity index (χ4n) is 2.94. The maximum atomic E-state index is 15.1. The summed E-state index contributed by atoms with van der Waals surface area (Å²) < 4.78 is 57.1. The van der Waals surface area contributed by atoms with Gasteiger partial charge in [0.25, 0.3) is 10.0 Å². The summed E-state index contributed by atoms with van der Waals surface area (Å²) >= 11 is 3.24. The van der Waals surface area contributed by atoms with Gasteiger partial charge in [-0.15, -0.1) is 0 Å². The second kappa shape index (κ2) is 7.62. The van der Waals surface area contributed by atoms with Crippen molar-refractivity contribution in [3.8, 4) is 0 Å². The molecule has 0 spiro atoms. The van der Waals surface area contributed by atoms with Crippen LogP contribution in [0.3, 0.4) is 0 Å². The quantitative estimate of drug-likeness (QED) is 0.398. The standard InChI is InChI=1S/C20H12BrF2N3O3S/c21-11-8-13-14(10-25-20(13)24-9-11)19(27)17-15(22)6-7-16(18(17)23)26-30(28,29)12-4-2-1-3-5-12/h1-10,26H,(H,24,25). The van der Waals surface area contributed by atoms with Crippen molar-refractivity contribution in [1.29, 1.82) is 0 Å². The Hall–Kier alpha value is -3.11. The molecule has 2 aromatic carbocycles. The van der Waals surface area contributed by atoms with Crippen LogP contribution < -0.4 is 4.72 Å². The van der Waals surface area contributed by atoms with Gasteiger partial charge in [-0.2, -0.15) is 0 Å². The first-order valence-corrected chi connectivity index (χ1v) is 10.8. The Bertz CT molecular complexity index is 1390. The van der Waals surface area contributed by atoms with Crippen LogP contribution in [0.5, 0.6) is 0 Å². The Morgan fingerprint density at radius 1 is 1.10 bits per heavy atom. The van der Waals surface area contributed by atoms with Crippen molar-refractivity contribution in [2.24, 2.45) is 0 Å². The van der Waals surface area contributed by atoms with Gasteiger partial charge in [0.05, 0.1) is 16.1 Å². The number of hydrogen-bond acceptors (Lipinski definition) is 4. The third-order valence-corrected chi connectivity index (χ3v) is 6.17. The molecule has 0 unspecified atom stereocenters. The van der Waals surface area contributed by atoms with E-state index in [2.05, 4.69) is 30.6 Å². The fraction of sp³-hybridized carbons (Fsp3) is 0. The normalized spacial score (nSPS) is 11.6. The van der Waals surface area contributed by atoms with Crippen LogP contribution in [0.15, 0.2) is 70.3 Å². The number of anilines is 1. The lowest BCUT2D eigenvalue weighted by Gasteiger charge is -2.12. The number of sulfonamides is 1. The molecule has 0 saturated carbocycles. The van der Waals surface area contributed by atoms with Gasteiger partial charge in [0.1, 0.15) is 11.5 Å². The maximum absolute atomic E-state index is 15.1. The number of hydrogen-bond donors (Lipinski definition) is 2. The number of nitrogens with one attached hydrogen (secondary N) is 2. The topological polar surface area (TPSA) is 91.9 Å². The second-order valence-corrected chi connectivity index (χ2v) is 8.88. The summed E-state index contributed by atoms with van der Waals surface area (Å²) in [6.07, 6.45) is 2.80. The number of carbonyl (C=O) groups is 1. The van der Waals surface area contributed by atoms with E-state index in [1.54, 1.807) is 12.1 Å². The minimum atomic E-state index is -4.13. The van der Waals surface area contributed by atoms with Crippen LogP contribution in [-0.2, 0) is 10.0 Å².